The number of sulfonamides is 1. The second-order valence-electron chi connectivity index (χ2n) is 10.4. The van der Waals surface area contributed by atoms with Crippen LogP contribution in [0.1, 0.15) is 12.0 Å². The third kappa shape index (κ3) is 7.56. The lowest BCUT2D eigenvalue weighted by molar-refractivity contribution is -0.119. The van der Waals surface area contributed by atoms with E-state index in [4.69, 9.17) is 5.14 Å². The quantitative estimate of drug-likeness (QED) is 0.201. The Hall–Kier alpha value is -4.41. The van der Waals surface area contributed by atoms with Gasteiger partial charge in [0, 0.05) is 18.7 Å². The van der Waals surface area contributed by atoms with E-state index < -0.39 is 28.6 Å². The first kappa shape index (κ1) is 31.0. The minimum atomic E-state index is -4.55. The minimum Gasteiger partial charge on any atom is -0.359 e. The molecule has 0 bridgehead atoms. The summed E-state index contributed by atoms with van der Waals surface area (Å²) in [6.45, 7) is 0.107. The van der Waals surface area contributed by atoms with E-state index in [-0.39, 0.29) is 57.4 Å². The Bertz CT molecular complexity index is 1800. The van der Waals surface area contributed by atoms with Crippen molar-refractivity contribution in [1.82, 2.24) is 19.9 Å². The number of alkyl halides is 3. The number of anilines is 3. The molecule has 232 valence electrons. The van der Waals surface area contributed by atoms with Crippen LogP contribution in [0.4, 0.5) is 35.0 Å². The van der Waals surface area contributed by atoms with Gasteiger partial charge in [0.2, 0.25) is 21.9 Å². The van der Waals surface area contributed by atoms with Gasteiger partial charge in [0.25, 0.3) is 0 Å². The number of nitrogens with zero attached hydrogens (tertiary/aromatic N) is 4. The summed E-state index contributed by atoms with van der Waals surface area (Å²) in [5.74, 6) is -1.41. The van der Waals surface area contributed by atoms with E-state index in [1.807, 2.05) is 11.9 Å². The van der Waals surface area contributed by atoms with Gasteiger partial charge in [-0.1, -0.05) is 18.2 Å². The van der Waals surface area contributed by atoms with Crippen molar-refractivity contribution in [3.63, 3.8) is 0 Å². The van der Waals surface area contributed by atoms with Gasteiger partial charge in [0.1, 0.15) is 17.9 Å². The van der Waals surface area contributed by atoms with Crippen LogP contribution < -0.4 is 21.1 Å². The molecule has 1 atom stereocenters. The maximum atomic E-state index is 15.0. The van der Waals surface area contributed by atoms with Crippen LogP contribution in [0, 0.1) is 11.7 Å². The smallest absolute Gasteiger partial charge is 0.359 e. The Labute approximate surface area is 249 Å². The van der Waals surface area contributed by atoms with Gasteiger partial charge in [-0.2, -0.15) is 18.2 Å². The number of fused-ring (bicyclic) bond motifs is 1. The van der Waals surface area contributed by atoms with E-state index in [0.717, 1.165) is 6.54 Å². The van der Waals surface area contributed by atoms with Crippen molar-refractivity contribution in [3.05, 3.63) is 66.0 Å². The first-order valence-electron chi connectivity index (χ1n) is 13.4. The molecule has 3 heterocycles. The van der Waals surface area contributed by atoms with E-state index in [1.54, 1.807) is 12.1 Å². The summed E-state index contributed by atoms with van der Waals surface area (Å²) < 4.78 is 77.2. The van der Waals surface area contributed by atoms with Gasteiger partial charge in [-0.15, -0.1) is 0 Å². The Morgan fingerprint density at radius 3 is 2.43 bits per heavy atom. The van der Waals surface area contributed by atoms with E-state index >= 15 is 4.39 Å². The Balaban J connectivity index is 1.39. The molecule has 2 aromatic carbocycles. The van der Waals surface area contributed by atoms with Crippen LogP contribution in [0.15, 0.2) is 59.5 Å². The molecule has 5 N–H and O–H groups in total. The van der Waals surface area contributed by atoms with Gasteiger partial charge < -0.3 is 20.9 Å². The first-order valence-corrected chi connectivity index (χ1v) is 14.9. The van der Waals surface area contributed by atoms with Gasteiger partial charge in [-0.05, 0) is 62.0 Å². The number of hydrogen-bond donors (Lipinski definition) is 4. The summed E-state index contributed by atoms with van der Waals surface area (Å²) in [5.41, 5.74) is 1.47. The van der Waals surface area contributed by atoms with E-state index in [9.17, 15) is 26.4 Å². The number of pyridine rings is 1. The van der Waals surface area contributed by atoms with Gasteiger partial charge in [-0.25, -0.2) is 27.9 Å². The fraction of sp³-hybridized carbons (Fsp3) is 0.286. The van der Waals surface area contributed by atoms with Gasteiger partial charge in [-0.3, -0.25) is 4.79 Å². The summed E-state index contributed by atoms with van der Waals surface area (Å²) in [6, 6.07) is 12.9. The molecule has 11 nitrogen and oxygen atoms in total. The maximum absolute atomic E-state index is 15.0. The normalized spacial score (nSPS) is 15.8. The molecule has 2 aromatic heterocycles. The van der Waals surface area contributed by atoms with Crippen LogP contribution in [0.5, 0.6) is 0 Å². The average molecular weight is 633 g/mol. The SMILES string of the molecule is CN1CC[C@H](C(=O)Nc2ccc(-c3ccc4nc(NCc5ccc(S(N)(=O)=O)cc5)nc(NCC(F)(F)F)c4n3)cc2F)C1. The molecule has 1 saturated heterocycles. The summed E-state index contributed by atoms with van der Waals surface area (Å²) in [6.07, 6.45) is -3.87. The molecule has 4 aromatic rings. The number of rotatable bonds is 9. The topological polar surface area (TPSA) is 155 Å². The lowest BCUT2D eigenvalue weighted by atomic mass is 10.1. The van der Waals surface area contributed by atoms with Crippen molar-refractivity contribution in [2.45, 2.75) is 24.0 Å². The van der Waals surface area contributed by atoms with Crippen LogP contribution in [0.3, 0.4) is 0 Å². The summed E-state index contributed by atoms with van der Waals surface area (Å²) in [5, 5.41) is 12.9. The van der Waals surface area contributed by atoms with Crippen molar-refractivity contribution >= 4 is 44.4 Å². The van der Waals surface area contributed by atoms with Gasteiger partial charge in [0.15, 0.2) is 5.82 Å². The van der Waals surface area contributed by atoms with Gasteiger partial charge >= 0.3 is 6.18 Å². The summed E-state index contributed by atoms with van der Waals surface area (Å²) in [7, 11) is -1.96. The van der Waals surface area contributed by atoms with E-state index in [1.165, 1.54) is 42.5 Å². The number of likely N-dealkylation sites (tertiary alicyclic amines) is 1. The number of halogens is 4. The number of benzene rings is 2. The lowest BCUT2D eigenvalue weighted by Gasteiger charge is -2.14. The molecule has 0 unspecified atom stereocenters. The maximum Gasteiger partial charge on any atom is 0.405 e. The molecule has 0 saturated carbocycles. The zero-order valence-corrected chi connectivity index (χ0v) is 24.1. The standard InChI is InChI=1S/C28H28F4N8O3S/c1-40-11-10-18(14-40)26(41)37-22-7-4-17(12-20(22)29)21-8-9-23-24(36-21)25(35-15-28(30,31)32)39-27(38-23)34-13-16-2-5-19(6-3-16)44(33,42)43/h2-9,12,18H,10-11,13-15H2,1H3,(H,37,41)(H2,33,42,43)(H2,34,35,38,39)/t18-/m0/s1. The largest absolute Gasteiger partial charge is 0.405 e. The molecule has 1 aliphatic heterocycles. The second kappa shape index (κ2) is 12.3. The molecule has 1 fully saturated rings. The molecule has 0 radical (unpaired) electrons. The molecular weight excluding hydrogens is 604 g/mol. The third-order valence-corrected chi connectivity index (χ3v) is 7.92. The predicted octanol–water partition coefficient (Wildman–Crippen LogP) is 3.95. The number of nitrogens with two attached hydrogens (primary N) is 1. The second-order valence-corrected chi connectivity index (χ2v) is 12.0. The Morgan fingerprint density at radius 1 is 1.05 bits per heavy atom. The molecule has 0 aliphatic carbocycles. The lowest BCUT2D eigenvalue weighted by Crippen LogP contribution is -2.25. The number of hydrogen-bond acceptors (Lipinski definition) is 9. The Kier molecular flexibility index (Phi) is 8.67. The number of primary sulfonamides is 1. The number of amides is 1. The molecule has 1 amide bonds. The molecule has 44 heavy (non-hydrogen) atoms. The van der Waals surface area contributed by atoms with Crippen molar-refractivity contribution in [3.8, 4) is 11.3 Å². The highest BCUT2D eigenvalue weighted by Crippen LogP contribution is 2.29. The summed E-state index contributed by atoms with van der Waals surface area (Å²) >= 11 is 0. The van der Waals surface area contributed by atoms with Crippen LogP contribution >= 0.6 is 0 Å². The van der Waals surface area contributed by atoms with Crippen LogP contribution in [-0.2, 0) is 21.4 Å². The minimum absolute atomic E-state index is 0.00755. The number of carbonyl (C=O) groups is 1. The molecule has 16 heteroatoms. The Morgan fingerprint density at radius 2 is 1.80 bits per heavy atom. The predicted molar refractivity (Wildman–Crippen MR) is 157 cm³/mol. The average Bonchev–Trinajstić information content (AvgIpc) is 3.41. The fourth-order valence-corrected chi connectivity index (χ4v) is 5.21. The molecule has 1 aliphatic rings. The van der Waals surface area contributed by atoms with Crippen molar-refractivity contribution in [2.75, 3.05) is 42.6 Å². The third-order valence-electron chi connectivity index (χ3n) is 6.99. The van der Waals surface area contributed by atoms with Crippen LogP contribution in [-0.4, -0.2) is 67.0 Å². The highest BCUT2D eigenvalue weighted by atomic mass is 32.2. The zero-order valence-electron chi connectivity index (χ0n) is 23.3. The van der Waals surface area contributed by atoms with E-state index in [2.05, 4.69) is 30.9 Å². The highest BCUT2D eigenvalue weighted by molar-refractivity contribution is 7.89. The van der Waals surface area contributed by atoms with Crippen LogP contribution in [0.25, 0.3) is 22.3 Å². The molecule has 0 spiro atoms. The summed E-state index contributed by atoms with van der Waals surface area (Å²) in [4.78, 5) is 27.4. The fourth-order valence-electron chi connectivity index (χ4n) is 4.70. The van der Waals surface area contributed by atoms with E-state index in [0.29, 0.717) is 24.1 Å². The monoisotopic (exact) mass is 632 g/mol. The van der Waals surface area contributed by atoms with Crippen LogP contribution in [0.2, 0.25) is 0 Å². The number of aromatic nitrogens is 3. The highest BCUT2D eigenvalue weighted by Gasteiger charge is 2.28. The molecule has 5 rings (SSSR count). The van der Waals surface area contributed by atoms with Crippen molar-refractivity contribution < 1.29 is 30.8 Å². The van der Waals surface area contributed by atoms with Crippen molar-refractivity contribution in [1.29, 1.82) is 0 Å². The van der Waals surface area contributed by atoms with Crippen molar-refractivity contribution in [2.24, 2.45) is 11.1 Å². The first-order chi connectivity index (χ1) is 20.7. The van der Waals surface area contributed by atoms with Gasteiger partial charge in [0.05, 0.1) is 27.7 Å². The molecular formula is C28H28F4N8O3S. The number of carbonyl (C=O) groups excluding carboxylic acids is 1. The number of nitrogens with one attached hydrogen (secondary N) is 3. The zero-order chi connectivity index (χ0) is 31.6.